The first-order chi connectivity index (χ1) is 9.85. The fraction of sp³-hybridized carbons (Fsp3) is 0.300. The number of hydrogen-bond donors (Lipinski definition) is 4. The van der Waals surface area contributed by atoms with Gasteiger partial charge in [-0.1, -0.05) is 6.07 Å². The highest BCUT2D eigenvalue weighted by atomic mass is 32.2. The Hall–Kier alpha value is -2.24. The molecule has 1 atom stereocenters. The number of carbonyl (C=O) groups is 1. The van der Waals surface area contributed by atoms with E-state index < -0.39 is 31.6 Å². The molecule has 11 heteroatoms. The van der Waals surface area contributed by atoms with E-state index >= 15 is 0 Å². The number of benzene rings is 1. The average Bonchev–Trinajstić information content (AvgIpc) is 2.82. The van der Waals surface area contributed by atoms with Gasteiger partial charge in [-0.25, -0.2) is 13.1 Å². The number of anilines is 1. The Kier molecular flexibility index (Phi) is 4.06. The quantitative estimate of drug-likeness (QED) is 0.310. The lowest BCUT2D eigenvalue weighted by Gasteiger charge is -2.12. The Balaban J connectivity index is 2.40. The summed E-state index contributed by atoms with van der Waals surface area (Å²) in [5.41, 5.74) is 1.32. The van der Waals surface area contributed by atoms with E-state index in [2.05, 4.69) is 15.5 Å². The van der Waals surface area contributed by atoms with Gasteiger partial charge >= 0.3 is 5.69 Å². The summed E-state index contributed by atoms with van der Waals surface area (Å²) in [6.45, 7) is 0.140. The van der Waals surface area contributed by atoms with Gasteiger partial charge in [0.25, 0.3) is 0 Å². The summed E-state index contributed by atoms with van der Waals surface area (Å²) in [7, 11) is -4.15. The van der Waals surface area contributed by atoms with Crippen molar-refractivity contribution in [3.8, 4) is 0 Å². The van der Waals surface area contributed by atoms with Gasteiger partial charge in [0.2, 0.25) is 15.9 Å². The lowest BCUT2D eigenvalue weighted by Crippen LogP contribution is -2.36. The maximum atomic E-state index is 12.3. The molecule has 1 unspecified atom stereocenters. The predicted octanol–water partition coefficient (Wildman–Crippen LogP) is -0.953. The molecule has 0 saturated carbocycles. The van der Waals surface area contributed by atoms with E-state index in [-0.39, 0.29) is 24.6 Å². The molecule has 2 rings (SSSR count). The molecular weight excluding hydrogens is 302 g/mol. The summed E-state index contributed by atoms with van der Waals surface area (Å²) in [6, 6.07) is 3.08. The summed E-state index contributed by atoms with van der Waals surface area (Å²) in [5, 5.41) is 13.6. The van der Waals surface area contributed by atoms with E-state index in [9.17, 15) is 23.3 Å². The number of sulfonamides is 1. The number of nitrogens with zero attached hydrogens (tertiary/aromatic N) is 1. The molecule has 1 amide bonds. The van der Waals surface area contributed by atoms with Crippen LogP contribution < -0.4 is 21.3 Å². The molecule has 0 bridgehead atoms. The van der Waals surface area contributed by atoms with E-state index in [0.29, 0.717) is 0 Å². The number of nitrogen functional groups attached to an aromatic ring is 1. The second-order valence-corrected chi connectivity index (χ2v) is 6.06. The zero-order valence-electron chi connectivity index (χ0n) is 10.7. The number of carbonyl (C=O) groups excluding carboxylic acids is 1. The van der Waals surface area contributed by atoms with Gasteiger partial charge < -0.3 is 10.7 Å². The second kappa shape index (κ2) is 5.63. The first kappa shape index (κ1) is 15.2. The maximum absolute atomic E-state index is 12.3. The number of hydrazine groups is 1. The number of nitro groups is 1. The van der Waals surface area contributed by atoms with Crippen molar-refractivity contribution in [1.29, 1.82) is 0 Å². The fourth-order valence-corrected chi connectivity index (χ4v) is 3.44. The Labute approximate surface area is 119 Å². The first-order valence-corrected chi connectivity index (χ1v) is 7.36. The zero-order valence-corrected chi connectivity index (χ0v) is 11.5. The molecule has 1 saturated heterocycles. The SMILES string of the molecule is NNc1cccc(S(=O)(=O)NC2CNC(=O)C2)c1[N+](=O)[O-]. The van der Waals surface area contributed by atoms with Crippen LogP contribution >= 0.6 is 0 Å². The summed E-state index contributed by atoms with van der Waals surface area (Å²) >= 11 is 0. The Morgan fingerprint density at radius 1 is 1.43 bits per heavy atom. The molecule has 1 heterocycles. The number of nitro benzene ring substituents is 1. The van der Waals surface area contributed by atoms with E-state index in [1.807, 2.05) is 0 Å². The molecule has 1 aliphatic rings. The van der Waals surface area contributed by atoms with Gasteiger partial charge in [-0.2, -0.15) is 0 Å². The Bertz CT molecular complexity index is 689. The number of nitrogens with one attached hydrogen (secondary N) is 3. The van der Waals surface area contributed by atoms with Crippen LogP contribution in [0.4, 0.5) is 11.4 Å². The fourth-order valence-electron chi connectivity index (χ4n) is 2.02. The second-order valence-electron chi connectivity index (χ2n) is 4.38. The lowest BCUT2D eigenvalue weighted by atomic mass is 10.3. The molecule has 10 nitrogen and oxygen atoms in total. The van der Waals surface area contributed by atoms with Crippen LogP contribution in [-0.4, -0.2) is 31.8 Å². The highest BCUT2D eigenvalue weighted by molar-refractivity contribution is 7.89. The molecule has 0 radical (unpaired) electrons. The highest BCUT2D eigenvalue weighted by Crippen LogP contribution is 2.31. The minimum atomic E-state index is -4.15. The predicted molar refractivity (Wildman–Crippen MR) is 72.6 cm³/mol. The first-order valence-electron chi connectivity index (χ1n) is 5.88. The molecule has 1 aromatic rings. The van der Waals surface area contributed by atoms with Crippen LogP contribution in [0.1, 0.15) is 6.42 Å². The van der Waals surface area contributed by atoms with Gasteiger partial charge in [0.05, 0.1) is 4.92 Å². The summed E-state index contributed by atoms with van der Waals surface area (Å²) in [6.07, 6.45) is -0.0120. The van der Waals surface area contributed by atoms with Gasteiger partial charge in [-0.3, -0.25) is 20.8 Å². The molecule has 1 aromatic carbocycles. The molecule has 114 valence electrons. The topological polar surface area (TPSA) is 156 Å². The van der Waals surface area contributed by atoms with Crippen LogP contribution in [0.2, 0.25) is 0 Å². The van der Waals surface area contributed by atoms with Crippen molar-refractivity contribution in [2.75, 3.05) is 12.0 Å². The van der Waals surface area contributed by atoms with Crippen LogP contribution in [0.5, 0.6) is 0 Å². The Morgan fingerprint density at radius 2 is 2.14 bits per heavy atom. The summed E-state index contributed by atoms with van der Waals surface area (Å²) in [5.74, 6) is 4.88. The van der Waals surface area contributed by atoms with Gasteiger partial charge in [-0.15, -0.1) is 0 Å². The van der Waals surface area contributed by atoms with Gasteiger partial charge in [0.1, 0.15) is 5.69 Å². The third kappa shape index (κ3) is 3.09. The third-order valence-corrected chi connectivity index (χ3v) is 4.48. The molecule has 1 aliphatic heterocycles. The highest BCUT2D eigenvalue weighted by Gasteiger charge is 2.32. The molecule has 0 spiro atoms. The minimum Gasteiger partial charge on any atom is -0.354 e. The smallest absolute Gasteiger partial charge is 0.313 e. The monoisotopic (exact) mass is 315 g/mol. The number of para-hydroxylation sites is 1. The molecule has 0 aromatic heterocycles. The van der Waals surface area contributed by atoms with Crippen molar-refractivity contribution in [1.82, 2.24) is 10.0 Å². The van der Waals surface area contributed by atoms with Crippen LogP contribution in [0, 0.1) is 10.1 Å². The van der Waals surface area contributed by atoms with E-state index in [1.165, 1.54) is 12.1 Å². The number of nitrogens with two attached hydrogens (primary N) is 1. The average molecular weight is 315 g/mol. The van der Waals surface area contributed by atoms with Crippen molar-refractivity contribution in [2.45, 2.75) is 17.4 Å². The normalized spacial score (nSPS) is 18.3. The van der Waals surface area contributed by atoms with Gasteiger partial charge in [-0.05, 0) is 12.1 Å². The summed E-state index contributed by atoms with van der Waals surface area (Å²) < 4.78 is 26.8. The van der Waals surface area contributed by atoms with Gasteiger partial charge in [0.15, 0.2) is 4.90 Å². The van der Waals surface area contributed by atoms with E-state index in [1.54, 1.807) is 0 Å². The van der Waals surface area contributed by atoms with E-state index in [0.717, 1.165) is 6.07 Å². The minimum absolute atomic E-state index is 0.0120. The Morgan fingerprint density at radius 3 is 2.67 bits per heavy atom. The third-order valence-electron chi connectivity index (χ3n) is 2.93. The standard InChI is InChI=1S/C10H13N5O5S/c11-13-7-2-1-3-8(10(7)15(17)18)21(19,20)14-6-4-9(16)12-5-6/h1-3,6,13-14H,4-5,11H2,(H,12,16). The molecule has 21 heavy (non-hydrogen) atoms. The van der Waals surface area contributed by atoms with Crippen LogP contribution in [0.3, 0.4) is 0 Å². The molecule has 5 N–H and O–H groups in total. The number of rotatable bonds is 5. The molecular formula is C10H13N5O5S. The largest absolute Gasteiger partial charge is 0.354 e. The molecule has 1 fully saturated rings. The van der Waals surface area contributed by atoms with Crippen LogP contribution in [-0.2, 0) is 14.8 Å². The maximum Gasteiger partial charge on any atom is 0.313 e. The van der Waals surface area contributed by atoms with Crippen molar-refractivity contribution in [3.05, 3.63) is 28.3 Å². The van der Waals surface area contributed by atoms with Crippen molar-refractivity contribution < 1.29 is 18.1 Å². The zero-order chi connectivity index (χ0) is 15.6. The van der Waals surface area contributed by atoms with Gasteiger partial charge in [0, 0.05) is 19.0 Å². The van der Waals surface area contributed by atoms with Crippen LogP contribution in [0.25, 0.3) is 0 Å². The lowest BCUT2D eigenvalue weighted by molar-refractivity contribution is -0.386. The van der Waals surface area contributed by atoms with Crippen LogP contribution in [0.15, 0.2) is 23.1 Å². The van der Waals surface area contributed by atoms with Crippen molar-refractivity contribution >= 4 is 27.3 Å². The number of hydrogen-bond acceptors (Lipinski definition) is 7. The number of amides is 1. The molecule has 0 aliphatic carbocycles. The summed E-state index contributed by atoms with van der Waals surface area (Å²) in [4.78, 5) is 20.8. The van der Waals surface area contributed by atoms with Crippen molar-refractivity contribution in [2.24, 2.45) is 5.84 Å². The van der Waals surface area contributed by atoms with E-state index in [4.69, 9.17) is 5.84 Å². The van der Waals surface area contributed by atoms with Crippen molar-refractivity contribution in [3.63, 3.8) is 0 Å².